The highest BCUT2D eigenvalue weighted by molar-refractivity contribution is 6.08. The van der Waals surface area contributed by atoms with Crippen LogP contribution in [-0.4, -0.2) is 53.6 Å². The van der Waals surface area contributed by atoms with E-state index in [2.05, 4.69) is 5.32 Å². The molecule has 2 aliphatic heterocycles. The number of aryl methyl sites for hydroxylation is 1. The summed E-state index contributed by atoms with van der Waals surface area (Å²) in [6, 6.07) is 13.5. The maximum Gasteiger partial charge on any atom is 0.408 e. The first kappa shape index (κ1) is 27.6. The van der Waals surface area contributed by atoms with E-state index in [4.69, 9.17) is 4.74 Å². The Labute approximate surface area is 224 Å². The van der Waals surface area contributed by atoms with Crippen molar-refractivity contribution in [2.75, 3.05) is 18.0 Å². The molecule has 0 saturated carbocycles. The summed E-state index contributed by atoms with van der Waals surface area (Å²) < 4.78 is 19.4. The SMILES string of the molecule is CC(C)(C)OC(=O)NC(CCc1ccccc1)C(=O)N1CCC(N2C(=O)C(C)(C)c3cc(F)ccc32)CC1. The molecule has 1 atom stereocenters. The number of anilines is 1. The number of hydrogen-bond donors (Lipinski definition) is 1. The number of halogens is 1. The molecule has 0 bridgehead atoms. The minimum Gasteiger partial charge on any atom is -0.444 e. The molecule has 2 aromatic rings. The van der Waals surface area contributed by atoms with Gasteiger partial charge in [0, 0.05) is 24.8 Å². The van der Waals surface area contributed by atoms with E-state index < -0.39 is 23.2 Å². The predicted molar refractivity (Wildman–Crippen MR) is 144 cm³/mol. The van der Waals surface area contributed by atoms with E-state index >= 15 is 0 Å². The molecule has 0 radical (unpaired) electrons. The van der Waals surface area contributed by atoms with E-state index in [-0.39, 0.29) is 23.7 Å². The highest BCUT2D eigenvalue weighted by atomic mass is 19.1. The van der Waals surface area contributed by atoms with E-state index in [1.807, 2.05) is 44.2 Å². The Balaban J connectivity index is 1.44. The molecular formula is C30H38FN3O4. The van der Waals surface area contributed by atoms with E-state index in [0.29, 0.717) is 44.3 Å². The molecule has 0 spiro atoms. The maximum absolute atomic E-state index is 14.0. The van der Waals surface area contributed by atoms with Crippen molar-refractivity contribution >= 4 is 23.6 Å². The first-order valence-corrected chi connectivity index (χ1v) is 13.3. The Kier molecular flexibility index (Phi) is 7.81. The Bertz CT molecular complexity index is 1180. The van der Waals surface area contributed by atoms with Crippen molar-refractivity contribution in [1.82, 2.24) is 10.2 Å². The Morgan fingerprint density at radius 1 is 1.11 bits per heavy atom. The van der Waals surface area contributed by atoms with Gasteiger partial charge in [-0.15, -0.1) is 0 Å². The molecule has 1 fully saturated rings. The van der Waals surface area contributed by atoms with Crippen LogP contribution >= 0.6 is 0 Å². The molecule has 204 valence electrons. The minimum atomic E-state index is -0.801. The molecule has 7 nitrogen and oxygen atoms in total. The maximum atomic E-state index is 14.0. The lowest BCUT2D eigenvalue weighted by Gasteiger charge is -2.38. The third kappa shape index (κ3) is 6.00. The van der Waals surface area contributed by atoms with Crippen LogP contribution in [0.1, 0.15) is 65.0 Å². The van der Waals surface area contributed by atoms with Gasteiger partial charge in [-0.25, -0.2) is 9.18 Å². The topological polar surface area (TPSA) is 79.0 Å². The Morgan fingerprint density at radius 3 is 2.39 bits per heavy atom. The number of hydrogen-bond acceptors (Lipinski definition) is 4. The predicted octanol–water partition coefficient (Wildman–Crippen LogP) is 4.97. The zero-order chi connectivity index (χ0) is 27.7. The highest BCUT2D eigenvalue weighted by Crippen LogP contribution is 2.44. The third-order valence-corrected chi connectivity index (χ3v) is 7.34. The van der Waals surface area contributed by atoms with E-state index in [1.165, 1.54) is 12.1 Å². The number of benzene rings is 2. The average Bonchev–Trinajstić information content (AvgIpc) is 3.06. The van der Waals surface area contributed by atoms with Crippen LogP contribution in [0.5, 0.6) is 0 Å². The van der Waals surface area contributed by atoms with E-state index in [9.17, 15) is 18.8 Å². The van der Waals surface area contributed by atoms with Gasteiger partial charge in [0.15, 0.2) is 0 Å². The van der Waals surface area contributed by atoms with Crippen LogP contribution in [0.4, 0.5) is 14.9 Å². The molecule has 2 heterocycles. The summed E-state index contributed by atoms with van der Waals surface area (Å²) in [4.78, 5) is 43.0. The largest absolute Gasteiger partial charge is 0.444 e. The second-order valence-electron chi connectivity index (χ2n) is 11.7. The van der Waals surface area contributed by atoms with Crippen molar-refractivity contribution in [2.24, 2.45) is 0 Å². The van der Waals surface area contributed by atoms with Crippen LogP contribution in [0.15, 0.2) is 48.5 Å². The molecule has 0 aliphatic carbocycles. The van der Waals surface area contributed by atoms with Crippen LogP contribution in [0.3, 0.4) is 0 Å². The van der Waals surface area contributed by atoms with Crippen molar-refractivity contribution < 1.29 is 23.5 Å². The number of ether oxygens (including phenoxy) is 1. The van der Waals surface area contributed by atoms with Crippen LogP contribution in [-0.2, 0) is 26.2 Å². The molecule has 2 aliphatic rings. The molecular weight excluding hydrogens is 485 g/mol. The van der Waals surface area contributed by atoms with Gasteiger partial charge in [-0.3, -0.25) is 9.59 Å². The third-order valence-electron chi connectivity index (χ3n) is 7.34. The number of likely N-dealkylation sites (tertiary alicyclic amines) is 1. The second-order valence-corrected chi connectivity index (χ2v) is 11.7. The highest BCUT2D eigenvalue weighted by Gasteiger charge is 2.47. The van der Waals surface area contributed by atoms with Crippen LogP contribution in [0.25, 0.3) is 0 Å². The molecule has 1 saturated heterocycles. The summed E-state index contributed by atoms with van der Waals surface area (Å²) in [5.74, 6) is -0.554. The first-order valence-electron chi connectivity index (χ1n) is 13.3. The number of alkyl carbamates (subject to hydrolysis) is 1. The number of amides is 3. The first-order chi connectivity index (χ1) is 17.9. The van der Waals surface area contributed by atoms with Gasteiger partial charge in [-0.1, -0.05) is 30.3 Å². The summed E-state index contributed by atoms with van der Waals surface area (Å²) in [5, 5.41) is 2.79. The zero-order valence-corrected chi connectivity index (χ0v) is 22.9. The quantitative estimate of drug-likeness (QED) is 0.580. The molecule has 0 aromatic heterocycles. The minimum absolute atomic E-state index is 0.0461. The molecule has 3 amide bonds. The van der Waals surface area contributed by atoms with E-state index in [0.717, 1.165) is 11.3 Å². The summed E-state index contributed by atoms with van der Waals surface area (Å²) >= 11 is 0. The Hall–Kier alpha value is -3.42. The summed E-state index contributed by atoms with van der Waals surface area (Å²) in [6.07, 6.45) is 1.66. The van der Waals surface area contributed by atoms with Crippen LogP contribution in [0, 0.1) is 5.82 Å². The summed E-state index contributed by atoms with van der Waals surface area (Å²) in [7, 11) is 0. The van der Waals surface area contributed by atoms with Gasteiger partial charge in [0.05, 0.1) is 5.41 Å². The normalized spacial score (nSPS) is 18.2. The standard InChI is InChI=1S/C30H38FN3O4/c1-29(2,3)38-28(37)32-24(13-11-20-9-7-6-8-10-20)26(35)33-17-15-22(16-18-33)34-25-14-12-21(31)19-23(25)30(4,5)27(34)36/h6-10,12,14,19,22,24H,11,13,15-18H2,1-5H3,(H,32,37). The Morgan fingerprint density at radius 2 is 1.76 bits per heavy atom. The lowest BCUT2D eigenvalue weighted by Crippen LogP contribution is -2.54. The molecule has 1 unspecified atom stereocenters. The van der Waals surface area contributed by atoms with Gasteiger partial charge in [0.1, 0.15) is 17.5 Å². The molecule has 2 aromatic carbocycles. The van der Waals surface area contributed by atoms with Gasteiger partial charge in [0.2, 0.25) is 11.8 Å². The number of rotatable bonds is 6. The monoisotopic (exact) mass is 523 g/mol. The number of carbonyl (C=O) groups is 3. The number of carbonyl (C=O) groups excluding carboxylic acids is 3. The number of piperidine rings is 1. The molecule has 1 N–H and O–H groups in total. The number of nitrogens with one attached hydrogen (secondary N) is 1. The molecule has 38 heavy (non-hydrogen) atoms. The van der Waals surface area contributed by atoms with Crippen molar-refractivity contribution in [2.45, 2.75) is 83.4 Å². The van der Waals surface area contributed by atoms with Gasteiger partial charge in [-0.05, 0) is 89.6 Å². The van der Waals surface area contributed by atoms with Gasteiger partial charge in [-0.2, -0.15) is 0 Å². The van der Waals surface area contributed by atoms with Crippen molar-refractivity contribution in [3.8, 4) is 0 Å². The number of fused-ring (bicyclic) bond motifs is 1. The van der Waals surface area contributed by atoms with Crippen molar-refractivity contribution in [3.63, 3.8) is 0 Å². The van der Waals surface area contributed by atoms with E-state index in [1.54, 1.807) is 36.6 Å². The van der Waals surface area contributed by atoms with Gasteiger partial charge >= 0.3 is 6.09 Å². The van der Waals surface area contributed by atoms with Crippen LogP contribution < -0.4 is 10.2 Å². The lowest BCUT2D eigenvalue weighted by molar-refractivity contribution is -0.134. The zero-order valence-electron chi connectivity index (χ0n) is 22.9. The fourth-order valence-electron chi connectivity index (χ4n) is 5.33. The van der Waals surface area contributed by atoms with Crippen molar-refractivity contribution in [3.05, 3.63) is 65.5 Å². The second kappa shape index (κ2) is 10.8. The smallest absolute Gasteiger partial charge is 0.408 e. The fraction of sp³-hybridized carbons (Fsp3) is 0.500. The fourth-order valence-corrected chi connectivity index (χ4v) is 5.33. The lowest BCUT2D eigenvalue weighted by atomic mass is 9.86. The molecule has 4 rings (SSSR count). The van der Waals surface area contributed by atoms with Gasteiger partial charge < -0.3 is 19.9 Å². The summed E-state index contributed by atoms with van der Waals surface area (Å²) in [6.45, 7) is 9.92. The summed E-state index contributed by atoms with van der Waals surface area (Å²) in [5.41, 5.74) is 1.05. The average molecular weight is 524 g/mol. The van der Waals surface area contributed by atoms with Gasteiger partial charge in [0.25, 0.3) is 0 Å². The number of nitrogens with zero attached hydrogens (tertiary/aromatic N) is 2. The van der Waals surface area contributed by atoms with Crippen molar-refractivity contribution in [1.29, 1.82) is 0 Å². The van der Waals surface area contributed by atoms with Crippen LogP contribution in [0.2, 0.25) is 0 Å². The molecule has 8 heteroatoms.